The Bertz CT molecular complexity index is 633. The van der Waals surface area contributed by atoms with Gasteiger partial charge in [-0.3, -0.25) is 9.59 Å². The number of benzene rings is 1. The van der Waals surface area contributed by atoms with Gasteiger partial charge in [-0.25, -0.2) is 4.39 Å². The van der Waals surface area contributed by atoms with Gasteiger partial charge in [-0.1, -0.05) is 13.8 Å². The van der Waals surface area contributed by atoms with Gasteiger partial charge in [-0.2, -0.15) is 0 Å². The second-order valence-corrected chi connectivity index (χ2v) is 6.75. The van der Waals surface area contributed by atoms with E-state index in [9.17, 15) is 14.0 Å². The van der Waals surface area contributed by atoms with Crippen LogP contribution in [0.25, 0.3) is 0 Å². The highest BCUT2D eigenvalue weighted by atomic mass is 19.1. The standard InChI is InChI=1S/C18H27FN4O3/c1-11(2)17(20)18(25)22-10-16(24)23-12-5-6-15(14(19)8-12)21-9-13-4-3-7-26-13/h5-6,8,11,13,17,21H,3-4,7,9-10,20H2,1-2H3,(H,22,25)(H,23,24)/t13?,17-/m0/s1. The van der Waals surface area contributed by atoms with E-state index in [0.29, 0.717) is 17.9 Å². The van der Waals surface area contributed by atoms with E-state index in [1.165, 1.54) is 6.07 Å². The molecule has 0 saturated carbocycles. The van der Waals surface area contributed by atoms with Crippen molar-refractivity contribution in [2.75, 3.05) is 30.3 Å². The molecule has 2 rings (SSSR count). The number of nitrogens with two attached hydrogens (primary N) is 1. The molecule has 2 amide bonds. The van der Waals surface area contributed by atoms with E-state index in [1.807, 2.05) is 13.8 Å². The average molecular weight is 366 g/mol. The summed E-state index contributed by atoms with van der Waals surface area (Å²) in [5.74, 6) is -1.34. The molecule has 0 radical (unpaired) electrons. The zero-order chi connectivity index (χ0) is 19.1. The summed E-state index contributed by atoms with van der Waals surface area (Å²) >= 11 is 0. The molecule has 0 bridgehead atoms. The minimum atomic E-state index is -0.672. The van der Waals surface area contributed by atoms with Gasteiger partial charge in [0.15, 0.2) is 0 Å². The summed E-state index contributed by atoms with van der Waals surface area (Å²) < 4.78 is 19.6. The molecule has 1 aliphatic rings. The highest BCUT2D eigenvalue weighted by molar-refractivity contribution is 5.95. The lowest BCUT2D eigenvalue weighted by molar-refractivity contribution is -0.125. The summed E-state index contributed by atoms with van der Waals surface area (Å²) in [6.07, 6.45) is 2.10. The van der Waals surface area contributed by atoms with E-state index < -0.39 is 23.7 Å². The lowest BCUT2D eigenvalue weighted by Crippen LogP contribution is -2.46. The highest BCUT2D eigenvalue weighted by Gasteiger charge is 2.18. The monoisotopic (exact) mass is 366 g/mol. The second kappa shape index (κ2) is 9.49. The molecule has 1 saturated heterocycles. The first-order valence-electron chi connectivity index (χ1n) is 8.85. The van der Waals surface area contributed by atoms with Crippen molar-refractivity contribution in [3.63, 3.8) is 0 Å². The van der Waals surface area contributed by atoms with Crippen LogP contribution >= 0.6 is 0 Å². The molecule has 1 aromatic rings. The number of anilines is 2. The van der Waals surface area contributed by atoms with E-state index in [2.05, 4.69) is 16.0 Å². The van der Waals surface area contributed by atoms with Gasteiger partial charge < -0.3 is 26.4 Å². The van der Waals surface area contributed by atoms with E-state index in [1.54, 1.807) is 12.1 Å². The molecular weight excluding hydrogens is 339 g/mol. The fourth-order valence-corrected chi connectivity index (χ4v) is 2.56. The van der Waals surface area contributed by atoms with Gasteiger partial charge >= 0.3 is 0 Å². The smallest absolute Gasteiger partial charge is 0.243 e. The molecule has 1 unspecified atom stereocenters. The number of halogens is 1. The molecule has 5 N–H and O–H groups in total. The SMILES string of the molecule is CC(C)[C@H](N)C(=O)NCC(=O)Nc1ccc(NCC2CCCO2)c(F)c1. The Kier molecular flexibility index (Phi) is 7.35. The number of nitrogens with one attached hydrogen (secondary N) is 3. The minimum Gasteiger partial charge on any atom is -0.380 e. The summed E-state index contributed by atoms with van der Waals surface area (Å²) in [5, 5.41) is 8.02. The zero-order valence-corrected chi connectivity index (χ0v) is 15.2. The predicted octanol–water partition coefficient (Wildman–Crippen LogP) is 1.45. The van der Waals surface area contributed by atoms with Crippen molar-refractivity contribution in [2.45, 2.75) is 38.8 Å². The molecule has 144 valence electrons. The molecule has 2 atom stereocenters. The van der Waals surface area contributed by atoms with Gasteiger partial charge in [0, 0.05) is 18.8 Å². The third-order valence-corrected chi connectivity index (χ3v) is 4.24. The number of carbonyl (C=O) groups excluding carboxylic acids is 2. The van der Waals surface area contributed by atoms with Crippen LogP contribution in [0, 0.1) is 11.7 Å². The molecule has 1 fully saturated rings. The summed E-state index contributed by atoms with van der Waals surface area (Å²) in [5.41, 5.74) is 6.37. The Morgan fingerprint density at radius 1 is 1.38 bits per heavy atom. The van der Waals surface area contributed by atoms with Crippen LogP contribution in [0.5, 0.6) is 0 Å². The summed E-state index contributed by atoms with van der Waals surface area (Å²) in [6, 6.07) is 3.72. The zero-order valence-electron chi connectivity index (χ0n) is 15.2. The van der Waals surface area contributed by atoms with Gasteiger partial charge in [0.1, 0.15) is 5.82 Å². The van der Waals surface area contributed by atoms with E-state index in [0.717, 1.165) is 19.4 Å². The fraction of sp³-hybridized carbons (Fsp3) is 0.556. The predicted molar refractivity (Wildman–Crippen MR) is 98.3 cm³/mol. The maximum atomic E-state index is 14.1. The van der Waals surface area contributed by atoms with Gasteiger partial charge in [-0.05, 0) is 37.0 Å². The quantitative estimate of drug-likeness (QED) is 0.557. The third-order valence-electron chi connectivity index (χ3n) is 4.24. The molecule has 0 spiro atoms. The summed E-state index contributed by atoms with van der Waals surface area (Å²) in [4.78, 5) is 23.6. The normalized spacial score (nSPS) is 17.8. The lowest BCUT2D eigenvalue weighted by Gasteiger charge is -2.15. The lowest BCUT2D eigenvalue weighted by atomic mass is 10.1. The van der Waals surface area contributed by atoms with Crippen molar-refractivity contribution < 1.29 is 18.7 Å². The van der Waals surface area contributed by atoms with Crippen LogP contribution in [0.4, 0.5) is 15.8 Å². The first kappa shape index (κ1) is 20.1. The van der Waals surface area contributed by atoms with Gasteiger partial charge in [-0.15, -0.1) is 0 Å². The number of ether oxygens (including phenoxy) is 1. The molecule has 0 aliphatic carbocycles. The van der Waals surface area contributed by atoms with Crippen LogP contribution < -0.4 is 21.7 Å². The molecule has 1 aromatic carbocycles. The summed E-state index contributed by atoms with van der Waals surface area (Å²) in [7, 11) is 0. The molecule has 8 heteroatoms. The Hall–Kier alpha value is -2.19. The van der Waals surface area contributed by atoms with E-state index >= 15 is 0 Å². The van der Waals surface area contributed by atoms with Crippen molar-refractivity contribution in [3.8, 4) is 0 Å². The first-order valence-corrected chi connectivity index (χ1v) is 8.85. The third kappa shape index (κ3) is 5.96. The van der Waals surface area contributed by atoms with Gasteiger partial charge in [0.25, 0.3) is 0 Å². The van der Waals surface area contributed by atoms with Crippen LogP contribution in [0.15, 0.2) is 18.2 Å². The minimum absolute atomic E-state index is 0.0261. The van der Waals surface area contributed by atoms with Crippen molar-refractivity contribution in [1.82, 2.24) is 5.32 Å². The number of hydrogen-bond donors (Lipinski definition) is 4. The fourth-order valence-electron chi connectivity index (χ4n) is 2.56. The topological polar surface area (TPSA) is 105 Å². The van der Waals surface area contributed by atoms with Crippen LogP contribution in [0.3, 0.4) is 0 Å². The van der Waals surface area contributed by atoms with Crippen molar-refractivity contribution in [2.24, 2.45) is 11.7 Å². The molecule has 1 aliphatic heterocycles. The maximum Gasteiger partial charge on any atom is 0.243 e. The second-order valence-electron chi connectivity index (χ2n) is 6.75. The Morgan fingerprint density at radius 2 is 2.15 bits per heavy atom. The molecule has 0 aromatic heterocycles. The van der Waals surface area contributed by atoms with E-state index in [-0.39, 0.29) is 18.6 Å². The van der Waals surface area contributed by atoms with Gasteiger partial charge in [0.05, 0.1) is 24.4 Å². The Balaban J connectivity index is 1.80. The van der Waals surface area contributed by atoms with Crippen molar-refractivity contribution >= 4 is 23.2 Å². The largest absolute Gasteiger partial charge is 0.380 e. The van der Waals surface area contributed by atoms with Crippen LogP contribution in [-0.4, -0.2) is 43.7 Å². The molecule has 1 heterocycles. The van der Waals surface area contributed by atoms with Crippen LogP contribution in [0.2, 0.25) is 0 Å². The molecule has 7 nitrogen and oxygen atoms in total. The molecule has 26 heavy (non-hydrogen) atoms. The van der Waals surface area contributed by atoms with Crippen LogP contribution in [0.1, 0.15) is 26.7 Å². The Labute approximate surface area is 152 Å². The van der Waals surface area contributed by atoms with E-state index in [4.69, 9.17) is 10.5 Å². The number of hydrogen-bond acceptors (Lipinski definition) is 5. The number of carbonyl (C=O) groups is 2. The van der Waals surface area contributed by atoms with Gasteiger partial charge in [0.2, 0.25) is 11.8 Å². The van der Waals surface area contributed by atoms with Crippen LogP contribution in [-0.2, 0) is 14.3 Å². The summed E-state index contributed by atoms with van der Waals surface area (Å²) in [6.45, 7) is 4.71. The average Bonchev–Trinajstić information content (AvgIpc) is 3.11. The maximum absolute atomic E-state index is 14.1. The van der Waals surface area contributed by atoms with Crippen molar-refractivity contribution in [1.29, 1.82) is 0 Å². The molecular formula is C18H27FN4O3. The first-order chi connectivity index (χ1) is 12.4. The van der Waals surface area contributed by atoms with Crippen molar-refractivity contribution in [3.05, 3.63) is 24.0 Å². The number of amides is 2. The Morgan fingerprint density at radius 3 is 2.77 bits per heavy atom. The number of rotatable bonds is 8. The highest BCUT2D eigenvalue weighted by Crippen LogP contribution is 2.20.